The zero-order valence-corrected chi connectivity index (χ0v) is 25.3. The molecule has 0 unspecified atom stereocenters. The summed E-state index contributed by atoms with van der Waals surface area (Å²) >= 11 is 0. The van der Waals surface area contributed by atoms with E-state index in [0.29, 0.717) is 34.4 Å². The Labute approximate surface area is 249 Å². The first kappa shape index (κ1) is 29.0. The predicted octanol–water partition coefficient (Wildman–Crippen LogP) is 4.46. The minimum absolute atomic E-state index is 0.119. The van der Waals surface area contributed by atoms with Crippen LogP contribution in [-0.4, -0.2) is 59.3 Å². The van der Waals surface area contributed by atoms with Crippen molar-refractivity contribution in [2.75, 3.05) is 18.5 Å². The van der Waals surface area contributed by atoms with E-state index in [-0.39, 0.29) is 31.0 Å². The topological polar surface area (TPSA) is 117 Å². The molecule has 3 N–H and O–H groups in total. The molecule has 0 radical (unpaired) electrons. The van der Waals surface area contributed by atoms with Gasteiger partial charge in [-0.05, 0) is 49.0 Å². The number of benzene rings is 3. The normalized spacial score (nSPS) is 23.1. The lowest BCUT2D eigenvalue weighted by atomic mass is 9.82. The Balaban J connectivity index is 1.37. The number of carbonyl (C=O) groups is 2. The number of hydrogen-bond donors (Lipinski definition) is 3. The van der Waals surface area contributed by atoms with Crippen LogP contribution < -0.4 is 10.9 Å². The van der Waals surface area contributed by atoms with Crippen molar-refractivity contribution < 1.29 is 23.5 Å². The Bertz CT molecular complexity index is 1750. The van der Waals surface area contributed by atoms with E-state index in [1.807, 2.05) is 49.4 Å². The number of aliphatic hydroxyl groups excluding tert-OH is 1. The molecule has 2 aliphatic rings. The number of ether oxygens (including phenoxy) is 1. The highest BCUT2D eigenvalue weighted by atomic mass is 28.4. The summed E-state index contributed by atoms with van der Waals surface area (Å²) in [5, 5.41) is 16.2. The van der Waals surface area contributed by atoms with Crippen molar-refractivity contribution >= 4 is 36.8 Å². The maximum atomic E-state index is 16.1. The molecule has 2 amide bonds. The quantitative estimate of drug-likeness (QED) is 0.204. The van der Waals surface area contributed by atoms with E-state index in [1.165, 1.54) is 4.68 Å². The minimum atomic E-state index is -3.48. The van der Waals surface area contributed by atoms with Crippen LogP contribution in [0.2, 0.25) is 18.6 Å². The van der Waals surface area contributed by atoms with Crippen molar-refractivity contribution in [1.29, 1.82) is 0 Å². The largest absolute Gasteiger partial charge is 0.395 e. The number of fused-ring (bicyclic) bond motifs is 3. The number of nitrogens with one attached hydrogen (secondary N) is 2. The average Bonchev–Trinajstić information content (AvgIpc) is 3.57. The van der Waals surface area contributed by atoms with E-state index in [2.05, 4.69) is 10.4 Å². The molecule has 0 bridgehead atoms. The van der Waals surface area contributed by atoms with Gasteiger partial charge < -0.3 is 24.2 Å². The number of anilines is 1. The van der Waals surface area contributed by atoms with Crippen LogP contribution in [0.4, 0.5) is 9.80 Å². The van der Waals surface area contributed by atoms with Crippen LogP contribution in [0, 0.1) is 5.92 Å². The molecule has 224 valence electrons. The van der Waals surface area contributed by atoms with Gasteiger partial charge >= 0.3 is 0 Å². The Morgan fingerprint density at radius 2 is 1.81 bits per heavy atom. The highest BCUT2D eigenvalue weighted by Gasteiger charge is 2.65. The number of H-pyrrole nitrogens is 1. The maximum Gasteiger partial charge on any atom is 0.279 e. The van der Waals surface area contributed by atoms with Crippen LogP contribution in [0.5, 0.6) is 0 Å². The number of para-hydroxylation sites is 1. The third-order valence-electron chi connectivity index (χ3n) is 8.86. The third-order valence-corrected chi connectivity index (χ3v) is 11.3. The first-order valence-electron chi connectivity index (χ1n) is 14.5. The number of aromatic nitrogens is 2. The smallest absolute Gasteiger partial charge is 0.279 e. The van der Waals surface area contributed by atoms with E-state index < -0.39 is 37.5 Å². The molecule has 6 rings (SSSR count). The number of amides is 2. The Morgan fingerprint density at radius 3 is 2.51 bits per heavy atom. The van der Waals surface area contributed by atoms with Gasteiger partial charge in [0.15, 0.2) is 5.60 Å². The van der Waals surface area contributed by atoms with Gasteiger partial charge in [0.1, 0.15) is 0 Å². The zero-order valence-electron chi connectivity index (χ0n) is 24.3. The second-order valence-electron chi connectivity index (χ2n) is 12.0. The van der Waals surface area contributed by atoms with Gasteiger partial charge in [0, 0.05) is 35.8 Å². The van der Waals surface area contributed by atoms with E-state index in [4.69, 9.17) is 4.74 Å². The number of nitrogens with zero attached hydrogens (tertiary/aromatic N) is 2. The summed E-state index contributed by atoms with van der Waals surface area (Å²) in [5.74, 6) is -1.29. The fourth-order valence-electron chi connectivity index (χ4n) is 6.95. The van der Waals surface area contributed by atoms with Crippen LogP contribution in [-0.2, 0) is 26.5 Å². The lowest BCUT2D eigenvalue weighted by molar-refractivity contribution is -0.148. The van der Waals surface area contributed by atoms with Crippen molar-refractivity contribution in [3.63, 3.8) is 0 Å². The standard InChI is InChI=1S/C32H35FN4O5Si/c1-20-29(43(2,3)33)27(18-28(39)36(15-16-38)19-21-9-5-4-6-10-21)42-32(20)24-17-22(13-14-26(24)34-31(32)41)37-30(40)23-11-7-8-12-25(23)35-37/h4-14,17,20,27,29,35,38H,15-16,18-19H2,1-3H3,(H,34,41)/t20-,27+,29-,32+/m1/s1. The Kier molecular flexibility index (Phi) is 7.35. The molecule has 11 heteroatoms. The molecule has 0 aliphatic carbocycles. The van der Waals surface area contributed by atoms with Crippen molar-refractivity contribution in [1.82, 2.24) is 14.7 Å². The highest BCUT2D eigenvalue weighted by Crippen LogP contribution is 2.59. The minimum Gasteiger partial charge on any atom is -0.395 e. The van der Waals surface area contributed by atoms with Crippen molar-refractivity contribution in [3.05, 3.63) is 94.3 Å². The number of carbonyl (C=O) groups excluding carboxylic acids is 2. The summed E-state index contributed by atoms with van der Waals surface area (Å²) in [6.07, 6.45) is -0.990. The lowest BCUT2D eigenvalue weighted by Crippen LogP contribution is -2.42. The Morgan fingerprint density at radius 1 is 1.09 bits per heavy atom. The molecular weight excluding hydrogens is 567 g/mol. The van der Waals surface area contributed by atoms with Gasteiger partial charge in [0.05, 0.1) is 35.7 Å². The molecule has 9 nitrogen and oxygen atoms in total. The average molecular weight is 603 g/mol. The van der Waals surface area contributed by atoms with Crippen LogP contribution in [0.15, 0.2) is 77.6 Å². The molecule has 4 aromatic rings. The molecule has 4 atom stereocenters. The Hall–Kier alpha value is -4.06. The summed E-state index contributed by atoms with van der Waals surface area (Å²) in [7, 11) is -3.48. The van der Waals surface area contributed by atoms with E-state index in [1.54, 1.807) is 48.3 Å². The molecule has 43 heavy (non-hydrogen) atoms. The molecule has 1 aromatic heterocycles. The molecule has 3 aromatic carbocycles. The molecule has 1 spiro atoms. The first-order chi connectivity index (χ1) is 20.5. The van der Waals surface area contributed by atoms with E-state index >= 15 is 4.11 Å². The van der Waals surface area contributed by atoms with Gasteiger partial charge in [0.25, 0.3) is 11.5 Å². The predicted molar refractivity (Wildman–Crippen MR) is 164 cm³/mol. The second-order valence-corrected chi connectivity index (χ2v) is 15.8. The van der Waals surface area contributed by atoms with Crippen molar-refractivity contribution in [3.8, 4) is 5.69 Å². The maximum absolute atomic E-state index is 16.1. The van der Waals surface area contributed by atoms with Crippen molar-refractivity contribution in [2.45, 2.75) is 50.2 Å². The van der Waals surface area contributed by atoms with Gasteiger partial charge in [-0.3, -0.25) is 19.5 Å². The summed E-state index contributed by atoms with van der Waals surface area (Å²) in [4.78, 5) is 42.1. The summed E-state index contributed by atoms with van der Waals surface area (Å²) in [5.41, 5.74) is 0.701. The van der Waals surface area contributed by atoms with Crippen LogP contribution in [0.25, 0.3) is 16.6 Å². The SMILES string of the molecule is C[C@@H]1[C@@H]([Si](C)(C)F)[C@H](CC(=O)N(CCO)Cc2ccccc2)O[C@@]12C(=O)Nc1ccc(-n3[nH]c4ccccc4c3=O)cc12. The van der Waals surface area contributed by atoms with E-state index in [9.17, 15) is 19.5 Å². The van der Waals surface area contributed by atoms with Gasteiger partial charge in [0.2, 0.25) is 14.3 Å². The number of halogens is 1. The summed E-state index contributed by atoms with van der Waals surface area (Å²) in [6, 6.07) is 21.8. The fourth-order valence-corrected chi connectivity index (χ4v) is 9.45. The number of aliphatic hydroxyl groups is 1. The number of hydrogen-bond acceptors (Lipinski definition) is 5. The number of aromatic amines is 1. The monoisotopic (exact) mass is 602 g/mol. The molecule has 0 saturated carbocycles. The molecule has 2 aliphatic heterocycles. The van der Waals surface area contributed by atoms with Crippen LogP contribution in [0.3, 0.4) is 0 Å². The molecule has 1 fully saturated rings. The lowest BCUT2D eigenvalue weighted by Gasteiger charge is -2.31. The first-order valence-corrected chi connectivity index (χ1v) is 17.5. The highest BCUT2D eigenvalue weighted by molar-refractivity contribution is 6.72. The van der Waals surface area contributed by atoms with E-state index in [0.717, 1.165) is 5.56 Å². The molecule has 1 saturated heterocycles. The summed E-state index contributed by atoms with van der Waals surface area (Å²) < 4.78 is 24.1. The van der Waals surface area contributed by atoms with Gasteiger partial charge in [-0.1, -0.05) is 49.4 Å². The van der Waals surface area contributed by atoms with Crippen LogP contribution >= 0.6 is 0 Å². The van der Waals surface area contributed by atoms with Gasteiger partial charge in [-0.25, -0.2) is 4.68 Å². The molecule has 3 heterocycles. The van der Waals surface area contributed by atoms with Gasteiger partial charge in [-0.15, -0.1) is 0 Å². The van der Waals surface area contributed by atoms with Gasteiger partial charge in [-0.2, -0.15) is 0 Å². The van der Waals surface area contributed by atoms with Crippen LogP contribution in [0.1, 0.15) is 24.5 Å². The fraction of sp³-hybridized carbons (Fsp3) is 0.344. The van der Waals surface area contributed by atoms with Crippen molar-refractivity contribution in [2.24, 2.45) is 5.92 Å². The summed E-state index contributed by atoms with van der Waals surface area (Å²) in [6.45, 7) is 5.17. The number of rotatable bonds is 8. The molecular formula is C32H35FN4O5Si. The third kappa shape index (κ3) is 4.91. The zero-order chi connectivity index (χ0) is 30.5. The second kappa shape index (κ2) is 10.9.